The number of halogens is 3. The van der Waals surface area contributed by atoms with Crippen LogP contribution in [0, 0.1) is 0 Å². The van der Waals surface area contributed by atoms with E-state index in [1.807, 2.05) is 18.2 Å². The number of ether oxygens (including phenoxy) is 1. The van der Waals surface area contributed by atoms with Crippen LogP contribution in [0.15, 0.2) is 22.7 Å². The van der Waals surface area contributed by atoms with Crippen molar-refractivity contribution in [1.29, 1.82) is 0 Å². The molecule has 0 spiro atoms. The molecule has 21 heavy (non-hydrogen) atoms. The van der Waals surface area contributed by atoms with Gasteiger partial charge in [-0.05, 0) is 25.1 Å². The molecule has 1 aromatic carbocycles. The molecule has 1 aliphatic heterocycles. The van der Waals surface area contributed by atoms with Crippen molar-refractivity contribution in [1.82, 2.24) is 0 Å². The molecular weight excluding hydrogens is 381 g/mol. The highest BCUT2D eigenvalue weighted by molar-refractivity contribution is 9.10. The topological polar surface area (TPSA) is 67.6 Å². The van der Waals surface area contributed by atoms with E-state index in [-0.39, 0.29) is 30.7 Å². The van der Waals surface area contributed by atoms with E-state index in [1.165, 1.54) is 0 Å². The van der Waals surface area contributed by atoms with Crippen LogP contribution in [-0.2, 0) is 9.53 Å². The van der Waals surface area contributed by atoms with Crippen LogP contribution in [0.4, 0.5) is 11.4 Å². The van der Waals surface area contributed by atoms with Gasteiger partial charge in [0.2, 0.25) is 5.91 Å². The number of amides is 1. The number of hydrogen-bond acceptors (Lipinski definition) is 4. The molecule has 1 amide bonds. The zero-order valence-corrected chi connectivity index (χ0v) is 14.9. The number of carbonyl (C=O) groups excluding carboxylic acids is 1. The van der Waals surface area contributed by atoms with Crippen molar-refractivity contribution in [3.8, 4) is 0 Å². The van der Waals surface area contributed by atoms with Crippen molar-refractivity contribution >= 4 is 58.0 Å². The Kier molecular flexibility index (Phi) is 9.24. The molecule has 0 saturated carbocycles. The van der Waals surface area contributed by atoms with Crippen molar-refractivity contribution in [2.75, 3.05) is 36.5 Å². The van der Waals surface area contributed by atoms with E-state index in [4.69, 9.17) is 10.5 Å². The van der Waals surface area contributed by atoms with E-state index in [0.29, 0.717) is 13.2 Å². The lowest BCUT2D eigenvalue weighted by Crippen LogP contribution is -2.37. The van der Waals surface area contributed by atoms with Crippen molar-refractivity contribution in [3.05, 3.63) is 22.7 Å². The first-order valence-electron chi connectivity index (χ1n) is 6.26. The summed E-state index contributed by atoms with van der Waals surface area (Å²) in [4.78, 5) is 14.0. The second kappa shape index (κ2) is 9.48. The summed E-state index contributed by atoms with van der Waals surface area (Å²) in [7, 11) is 0. The van der Waals surface area contributed by atoms with E-state index in [9.17, 15) is 4.79 Å². The molecule has 1 aliphatic rings. The first-order chi connectivity index (χ1) is 9.08. The van der Waals surface area contributed by atoms with Gasteiger partial charge in [0.1, 0.15) is 0 Å². The van der Waals surface area contributed by atoms with Crippen molar-refractivity contribution in [3.63, 3.8) is 0 Å². The number of benzene rings is 1. The van der Waals surface area contributed by atoms with E-state index >= 15 is 0 Å². The van der Waals surface area contributed by atoms with E-state index in [0.717, 1.165) is 28.9 Å². The van der Waals surface area contributed by atoms with E-state index in [2.05, 4.69) is 26.1 Å². The summed E-state index contributed by atoms with van der Waals surface area (Å²) in [6.07, 6.45) is 0. The Labute approximate surface area is 145 Å². The maximum atomic E-state index is 11.8. The Balaban J connectivity index is 0.00000200. The second-order valence-electron chi connectivity index (χ2n) is 4.54. The predicted octanol–water partition coefficient (Wildman–Crippen LogP) is 2.42. The van der Waals surface area contributed by atoms with Gasteiger partial charge in [-0.25, -0.2) is 0 Å². The Morgan fingerprint density at radius 3 is 2.57 bits per heavy atom. The number of carbonyl (C=O) groups is 1. The van der Waals surface area contributed by atoms with Crippen molar-refractivity contribution in [2.24, 2.45) is 5.73 Å². The summed E-state index contributed by atoms with van der Waals surface area (Å²) >= 11 is 3.42. The normalized spacial score (nSPS) is 15.5. The van der Waals surface area contributed by atoms with Crippen LogP contribution in [0.25, 0.3) is 0 Å². The average Bonchev–Trinajstić information content (AvgIpc) is 2.39. The average molecular weight is 401 g/mol. The second-order valence-corrected chi connectivity index (χ2v) is 5.45. The molecule has 1 aromatic rings. The Morgan fingerprint density at radius 2 is 2.00 bits per heavy atom. The molecule has 1 fully saturated rings. The quantitative estimate of drug-likeness (QED) is 0.817. The lowest BCUT2D eigenvalue weighted by atomic mass is 10.2. The summed E-state index contributed by atoms with van der Waals surface area (Å²) in [6, 6.07) is 5.32. The highest BCUT2D eigenvalue weighted by atomic mass is 79.9. The lowest BCUT2D eigenvalue weighted by Gasteiger charge is -2.30. The van der Waals surface area contributed by atoms with Crippen molar-refractivity contribution in [2.45, 2.75) is 13.0 Å². The summed E-state index contributed by atoms with van der Waals surface area (Å²) in [5, 5.41) is 2.87. The molecule has 120 valence electrons. The largest absolute Gasteiger partial charge is 0.378 e. The molecule has 1 unspecified atom stereocenters. The van der Waals surface area contributed by atoms with Gasteiger partial charge in [0, 0.05) is 17.6 Å². The number of anilines is 2. The van der Waals surface area contributed by atoms with Gasteiger partial charge < -0.3 is 20.7 Å². The summed E-state index contributed by atoms with van der Waals surface area (Å²) in [6.45, 7) is 4.72. The van der Waals surface area contributed by atoms with Gasteiger partial charge in [-0.15, -0.1) is 24.8 Å². The third-order valence-electron chi connectivity index (χ3n) is 2.98. The van der Waals surface area contributed by atoms with Gasteiger partial charge >= 0.3 is 0 Å². The summed E-state index contributed by atoms with van der Waals surface area (Å²) < 4.78 is 6.27. The Morgan fingerprint density at radius 1 is 1.38 bits per heavy atom. The van der Waals surface area contributed by atoms with Crippen LogP contribution >= 0.6 is 40.7 Å². The van der Waals surface area contributed by atoms with Gasteiger partial charge in [-0.2, -0.15) is 0 Å². The fourth-order valence-electron chi connectivity index (χ4n) is 1.93. The van der Waals surface area contributed by atoms with Crippen LogP contribution in [0.2, 0.25) is 0 Å². The minimum atomic E-state index is -0.531. The van der Waals surface area contributed by atoms with Gasteiger partial charge in [0.25, 0.3) is 0 Å². The number of hydrogen-bond donors (Lipinski definition) is 2. The molecule has 1 heterocycles. The molecule has 0 bridgehead atoms. The molecule has 8 heteroatoms. The first-order valence-corrected chi connectivity index (χ1v) is 7.06. The van der Waals surface area contributed by atoms with Gasteiger partial charge in [-0.1, -0.05) is 15.9 Å². The van der Waals surface area contributed by atoms with Gasteiger partial charge in [0.15, 0.2) is 0 Å². The minimum absolute atomic E-state index is 0. The Hall–Kier alpha value is -0.530. The Bertz CT molecular complexity index is 469. The zero-order valence-electron chi connectivity index (χ0n) is 11.7. The van der Waals surface area contributed by atoms with Gasteiger partial charge in [0.05, 0.1) is 30.6 Å². The molecule has 1 saturated heterocycles. The molecule has 2 rings (SSSR count). The predicted molar refractivity (Wildman–Crippen MR) is 93.9 cm³/mol. The number of morpholine rings is 1. The lowest BCUT2D eigenvalue weighted by molar-refractivity contribution is -0.117. The maximum absolute atomic E-state index is 11.8. The van der Waals surface area contributed by atoms with Crippen LogP contribution in [-0.4, -0.2) is 38.3 Å². The van der Waals surface area contributed by atoms with Crippen LogP contribution in [0.1, 0.15) is 6.92 Å². The summed E-state index contributed by atoms with van der Waals surface area (Å²) in [5.41, 5.74) is 7.37. The number of nitrogens with two attached hydrogens (primary N) is 1. The highest BCUT2D eigenvalue weighted by Gasteiger charge is 2.17. The van der Waals surface area contributed by atoms with E-state index < -0.39 is 6.04 Å². The SMILES string of the molecule is CC(N)C(=O)Nc1cc(Br)ccc1N1CCOCC1.Cl.Cl. The van der Waals surface area contributed by atoms with Crippen LogP contribution in [0.3, 0.4) is 0 Å². The van der Waals surface area contributed by atoms with Crippen molar-refractivity contribution < 1.29 is 9.53 Å². The number of nitrogens with one attached hydrogen (secondary N) is 1. The minimum Gasteiger partial charge on any atom is -0.378 e. The molecule has 0 aromatic heterocycles. The number of rotatable bonds is 3. The maximum Gasteiger partial charge on any atom is 0.241 e. The smallest absolute Gasteiger partial charge is 0.241 e. The summed E-state index contributed by atoms with van der Waals surface area (Å²) in [5.74, 6) is -0.187. The molecule has 0 aliphatic carbocycles. The molecule has 1 atom stereocenters. The fourth-order valence-corrected chi connectivity index (χ4v) is 2.30. The van der Waals surface area contributed by atoms with Crippen LogP contribution in [0.5, 0.6) is 0 Å². The molecule has 3 N–H and O–H groups in total. The zero-order chi connectivity index (χ0) is 13.8. The fraction of sp³-hybridized carbons (Fsp3) is 0.462. The standard InChI is InChI=1S/C13H18BrN3O2.2ClH/c1-9(15)13(18)16-11-8-10(14)2-3-12(11)17-4-6-19-7-5-17;;/h2-3,8-9H,4-7,15H2,1H3,(H,16,18);2*1H. The first kappa shape index (κ1) is 20.5. The van der Waals surface area contributed by atoms with E-state index in [1.54, 1.807) is 6.92 Å². The molecule has 5 nitrogen and oxygen atoms in total. The van der Waals surface area contributed by atoms with Gasteiger partial charge in [-0.3, -0.25) is 4.79 Å². The third-order valence-corrected chi connectivity index (χ3v) is 3.48. The monoisotopic (exact) mass is 399 g/mol. The third kappa shape index (κ3) is 5.64. The molecule has 0 radical (unpaired) electrons. The van der Waals surface area contributed by atoms with Crippen LogP contribution < -0.4 is 16.0 Å². The highest BCUT2D eigenvalue weighted by Crippen LogP contribution is 2.30. The molecular formula is C13H20BrCl2N3O2. The number of nitrogens with zero attached hydrogens (tertiary/aromatic N) is 1.